The maximum atomic E-state index is 7.22. The van der Waals surface area contributed by atoms with Crippen molar-refractivity contribution in [3.05, 3.63) is 0 Å². The van der Waals surface area contributed by atoms with Crippen LogP contribution in [0.3, 0.4) is 0 Å². The molecule has 6 atom stereocenters. The molecule has 0 amide bonds. The predicted octanol–water partition coefficient (Wildman–Crippen LogP) is 24.4. The average molecular weight is 2090 g/mol. The first-order valence-electron chi connectivity index (χ1n) is 38.2. The van der Waals surface area contributed by atoms with Gasteiger partial charge in [-0.25, -0.2) is 0 Å². The maximum Gasteiger partial charge on any atom is 0.808 e. The monoisotopic (exact) mass is 2080 g/mol. The molecular formula is C60H138O18S24Si6+6. The number of hydrogen-bond acceptors (Lipinski definition) is 36. The highest BCUT2D eigenvalue weighted by molar-refractivity contribution is 9.35. The molecule has 48 heteroatoms. The van der Waals surface area contributed by atoms with Gasteiger partial charge in [0.1, 0.15) is 12.2 Å². The largest absolute Gasteiger partial charge is 0.808 e. The summed E-state index contributed by atoms with van der Waals surface area (Å²) in [7, 11) is 9.60. The summed E-state index contributed by atoms with van der Waals surface area (Å²) in [6.07, 6.45) is 8.87. The molecule has 0 spiro atoms. The summed E-state index contributed by atoms with van der Waals surface area (Å²) in [4.78, 5) is 0. The molecule has 0 aromatic rings. The van der Waals surface area contributed by atoms with Crippen molar-refractivity contribution in [2.24, 2.45) is 0 Å². The number of hydrogen-bond donors (Lipinski definition) is 0. The Hall–Kier alpha value is 8.98. The Morgan fingerprint density at radius 1 is 0.194 bits per heavy atom. The Kier molecular flexibility index (Phi) is 72.6. The molecular weight excluding hydrogens is 1950 g/mol. The van der Waals surface area contributed by atoms with E-state index in [4.69, 9.17) is 79.7 Å². The van der Waals surface area contributed by atoms with E-state index in [1.165, 1.54) is 0 Å². The van der Waals surface area contributed by atoms with Gasteiger partial charge in [-0.1, -0.05) is 86.5 Å². The molecule has 1 fully saturated rings. The van der Waals surface area contributed by atoms with Crippen LogP contribution in [0.2, 0.25) is 0 Å². The number of rotatable bonds is 72. The van der Waals surface area contributed by atoms with Crippen LogP contribution in [0.25, 0.3) is 0 Å². The zero-order valence-electron chi connectivity index (χ0n) is 69.0. The predicted molar refractivity (Wildman–Crippen MR) is 538 cm³/mol. The minimum absolute atomic E-state index is 0.430. The molecule has 1 aliphatic rings. The van der Waals surface area contributed by atoms with Gasteiger partial charge in [-0.2, -0.15) is 0 Å². The van der Waals surface area contributed by atoms with Crippen molar-refractivity contribution in [2.75, 3.05) is 153 Å². The van der Waals surface area contributed by atoms with E-state index in [-0.39, 0.29) is 0 Å². The molecule has 1 aliphatic carbocycles. The van der Waals surface area contributed by atoms with Gasteiger partial charge in [0.2, 0.25) is 0 Å². The van der Waals surface area contributed by atoms with Gasteiger partial charge in [-0.05, 0) is 202 Å². The van der Waals surface area contributed by atoms with Crippen LogP contribution in [0.5, 0.6) is 0 Å². The molecule has 0 radical (unpaired) electrons. The van der Waals surface area contributed by atoms with Gasteiger partial charge in [-0.15, -0.1) is 0 Å². The summed E-state index contributed by atoms with van der Waals surface area (Å²) in [6.45, 7) is 58.9. The van der Waals surface area contributed by atoms with Crippen molar-refractivity contribution >= 4 is 287 Å². The molecule has 648 valence electrons. The van der Waals surface area contributed by atoms with Crippen molar-refractivity contribution < 1.29 is 79.7 Å². The van der Waals surface area contributed by atoms with Gasteiger partial charge < -0.3 is 79.7 Å². The Balaban J connectivity index is 6.33. The first-order chi connectivity index (χ1) is 52.3. The van der Waals surface area contributed by atoms with Crippen LogP contribution in [-0.4, -0.2) is 213 Å². The molecule has 0 aliphatic heterocycles. The zero-order chi connectivity index (χ0) is 80.8. The van der Waals surface area contributed by atoms with Gasteiger partial charge in [0.25, 0.3) is 0 Å². The lowest BCUT2D eigenvalue weighted by atomic mass is 9.99. The lowest BCUT2D eigenvalue weighted by molar-refractivity contribution is 0.0958. The third-order valence-corrected chi connectivity index (χ3v) is 135. The Bertz CT molecular complexity index is 1850. The highest BCUT2D eigenvalue weighted by atomic mass is 33.8. The minimum Gasteiger partial charge on any atom is -0.331 e. The third-order valence-electron chi connectivity index (χ3n) is 13.2. The minimum atomic E-state index is -3.60. The second-order valence-corrected chi connectivity index (χ2v) is 106. The van der Waals surface area contributed by atoms with Crippen molar-refractivity contribution in [1.29, 1.82) is 0 Å². The Morgan fingerprint density at radius 2 is 0.324 bits per heavy atom. The van der Waals surface area contributed by atoms with Crippen LogP contribution in [0.4, 0.5) is 0 Å². The summed E-state index contributed by atoms with van der Waals surface area (Å²) in [5, 5.41) is 0. The lowest BCUT2D eigenvalue weighted by Gasteiger charge is -2.54. The van der Waals surface area contributed by atoms with Crippen LogP contribution < -0.4 is 0 Å². The summed E-state index contributed by atoms with van der Waals surface area (Å²) < 4.78 is 126. The van der Waals surface area contributed by atoms with Crippen molar-refractivity contribution in [2.45, 2.75) is 236 Å². The molecule has 108 heavy (non-hydrogen) atoms. The quantitative estimate of drug-likeness (QED) is 0.0244. The fourth-order valence-corrected chi connectivity index (χ4v) is 147. The topological polar surface area (TPSA) is 166 Å². The fourth-order valence-electron chi connectivity index (χ4n) is 9.64. The molecule has 0 aromatic carbocycles. The van der Waals surface area contributed by atoms with Crippen LogP contribution in [0.1, 0.15) is 224 Å². The molecule has 1 saturated carbocycles. The van der Waals surface area contributed by atoms with Crippen molar-refractivity contribution in [3.8, 4) is 0 Å². The van der Waals surface area contributed by atoms with Gasteiger partial charge in [0, 0.05) is 153 Å². The highest BCUT2D eigenvalue weighted by Crippen LogP contribution is 2.82. The lowest BCUT2D eigenvalue weighted by Crippen LogP contribution is -2.58. The van der Waals surface area contributed by atoms with E-state index in [9.17, 15) is 0 Å². The highest BCUT2D eigenvalue weighted by Gasteiger charge is 2.79. The summed E-state index contributed by atoms with van der Waals surface area (Å²) in [5.41, 5.74) is 0. The molecule has 18 nitrogen and oxygen atoms in total. The van der Waals surface area contributed by atoms with Crippen molar-refractivity contribution in [1.82, 2.24) is 0 Å². The fraction of sp³-hybridized carbons (Fsp3) is 1.00. The van der Waals surface area contributed by atoms with E-state index < -0.39 is 110 Å². The standard InChI is InChI=1S/C60H138O18S24Si6/c1-25-61-103(62-26-2,63-27-3)97(79-43-19)91-85-58(86-92-98(80-44-20)104(64-28-4,65-29-5)66-30-6)56-54-52-50-49-51-53-55-57-59(87-93-99(81-45-21)105(67-31-7,68-32-8)69-33-9,88-94-100(82-46-22)106(70-34-10,71-35-11)72-36-12)60(58,89-95-101(83-47-23)107(73-37-13,74-38-14)75-39-15)90-96-102(84-48-24)108(76-40-16,77-41-17)78-42-18/h25-57H2,1-24H3/q+6. The summed E-state index contributed by atoms with van der Waals surface area (Å²) in [6, 6.07) is 0. The molecule has 0 saturated heterocycles. The van der Waals surface area contributed by atoms with E-state index in [1.807, 2.05) is 188 Å². The normalized spacial score (nSPS) is 20.3. The van der Waals surface area contributed by atoms with Crippen LogP contribution in [0.15, 0.2) is 0 Å². The van der Waals surface area contributed by atoms with E-state index in [1.54, 1.807) is 0 Å². The van der Waals surface area contributed by atoms with Gasteiger partial charge in [0.15, 0.2) is 109 Å². The van der Waals surface area contributed by atoms with E-state index in [2.05, 4.69) is 166 Å². The second kappa shape index (κ2) is 68.2. The molecule has 0 heterocycles. The Labute approximate surface area is 746 Å². The van der Waals surface area contributed by atoms with Crippen LogP contribution in [0, 0.1) is 0 Å². The summed E-state index contributed by atoms with van der Waals surface area (Å²) in [5.74, 6) is 4.86. The zero-order valence-corrected chi connectivity index (χ0v) is 94.6. The maximum absolute atomic E-state index is 7.22. The van der Waals surface area contributed by atoms with Crippen LogP contribution >= 0.6 is 188 Å². The third kappa shape index (κ3) is 36.3. The van der Waals surface area contributed by atoms with E-state index >= 15 is 0 Å². The molecule has 6 unspecified atom stereocenters. The second-order valence-electron chi connectivity index (χ2n) is 20.6. The Morgan fingerprint density at radius 3 is 0.454 bits per heavy atom. The van der Waals surface area contributed by atoms with Gasteiger partial charge >= 0.3 is 47.7 Å². The molecule has 0 bridgehead atoms. The molecule has 1 rings (SSSR count). The van der Waals surface area contributed by atoms with Gasteiger partial charge in [-0.3, -0.25) is 0 Å². The van der Waals surface area contributed by atoms with Crippen molar-refractivity contribution in [3.63, 3.8) is 0 Å². The SMILES string of the molecule is CCO[Si](OCC)(OCC)[S+](SCC)SSC1(SS[S+](SCC)[Si](OCC)(OCC)OCC)CCCCCCCCCC(SS[S+](SCC)[Si](OCC)(OCC)OCC)(SS[S+](SCC)[Si](OCC)(OCC)OCC)C1(SS[S+](SCC)[Si](OCC)(OCC)OCC)SS[S+](SCC)[Si](OCC)(OCC)OCC. The van der Waals surface area contributed by atoms with E-state index in [0.29, 0.717) is 119 Å². The first-order valence-corrected chi connectivity index (χ1v) is 85.3. The smallest absolute Gasteiger partial charge is 0.331 e. The molecule has 0 aromatic heterocycles. The van der Waals surface area contributed by atoms with Crippen LogP contribution in [-0.2, 0) is 130 Å². The summed E-state index contributed by atoms with van der Waals surface area (Å²) >= 11 is 0. The average Bonchev–Trinajstić information content (AvgIpc) is 0.712. The van der Waals surface area contributed by atoms with Gasteiger partial charge in [0.05, 0.1) is 64.8 Å². The van der Waals surface area contributed by atoms with E-state index in [0.717, 1.165) is 92.3 Å². The molecule has 0 N–H and O–H groups in total. The first kappa shape index (κ1) is 115.